The van der Waals surface area contributed by atoms with E-state index >= 15 is 0 Å². The van der Waals surface area contributed by atoms with Crippen LogP contribution < -0.4 is 0 Å². The van der Waals surface area contributed by atoms with Crippen molar-refractivity contribution < 1.29 is 0 Å². The van der Waals surface area contributed by atoms with Gasteiger partial charge in [-0.25, -0.2) is 4.68 Å². The monoisotopic (exact) mass is 405 g/mol. The zero-order chi connectivity index (χ0) is 19.6. The minimum absolute atomic E-state index is 0.503. The van der Waals surface area contributed by atoms with Crippen LogP contribution in [0, 0.1) is 10.7 Å². The standard InChI is InChI=1S/C23H27N5S/c29-23-27(25-22(28(23)21-8-9-21)20-7-4-12-24-16-20)17-26-13-10-19(11-14-26)15-18-5-2-1-3-6-18/h1-7,12,16,19,21H,8-11,13-15,17H2. The topological polar surface area (TPSA) is 38.9 Å². The van der Waals surface area contributed by atoms with Crippen molar-refractivity contribution in [1.82, 2.24) is 24.2 Å². The first kappa shape index (κ1) is 18.7. The maximum absolute atomic E-state index is 5.82. The van der Waals surface area contributed by atoms with Gasteiger partial charge in [0.2, 0.25) is 0 Å². The lowest BCUT2D eigenvalue weighted by atomic mass is 9.90. The molecule has 0 amide bonds. The van der Waals surface area contributed by atoms with Crippen LogP contribution in [0.15, 0.2) is 54.9 Å². The predicted octanol–water partition coefficient (Wildman–Crippen LogP) is 4.72. The van der Waals surface area contributed by atoms with Crippen LogP contribution in [0.2, 0.25) is 0 Å². The summed E-state index contributed by atoms with van der Waals surface area (Å²) in [5, 5.41) is 4.92. The highest BCUT2D eigenvalue weighted by Crippen LogP contribution is 2.38. The average Bonchev–Trinajstić information content (AvgIpc) is 3.55. The Morgan fingerprint density at radius 3 is 2.45 bits per heavy atom. The molecule has 0 atom stereocenters. The number of hydrogen-bond donors (Lipinski definition) is 0. The fourth-order valence-electron chi connectivity index (χ4n) is 4.33. The van der Waals surface area contributed by atoms with Crippen LogP contribution in [0.25, 0.3) is 11.4 Å². The molecule has 1 saturated heterocycles. The van der Waals surface area contributed by atoms with Gasteiger partial charge in [-0.2, -0.15) is 5.10 Å². The molecule has 2 fully saturated rings. The number of nitrogens with zero attached hydrogens (tertiary/aromatic N) is 5. The number of pyridine rings is 1. The summed E-state index contributed by atoms with van der Waals surface area (Å²) >= 11 is 5.82. The van der Waals surface area contributed by atoms with Crippen LogP contribution >= 0.6 is 12.2 Å². The molecule has 1 saturated carbocycles. The minimum atomic E-state index is 0.503. The second-order valence-corrected chi connectivity index (χ2v) is 8.71. The number of hydrogen-bond acceptors (Lipinski definition) is 4. The molecule has 6 heteroatoms. The van der Waals surface area contributed by atoms with Gasteiger partial charge in [0.15, 0.2) is 10.6 Å². The van der Waals surface area contributed by atoms with Gasteiger partial charge >= 0.3 is 0 Å². The summed E-state index contributed by atoms with van der Waals surface area (Å²) < 4.78 is 5.11. The van der Waals surface area contributed by atoms with Crippen LogP contribution in [0.1, 0.15) is 37.3 Å². The maximum atomic E-state index is 5.82. The number of piperidine rings is 1. The molecular weight excluding hydrogens is 378 g/mol. The van der Waals surface area contributed by atoms with E-state index < -0.39 is 0 Å². The summed E-state index contributed by atoms with van der Waals surface area (Å²) in [5.74, 6) is 1.74. The molecule has 1 aliphatic carbocycles. The highest BCUT2D eigenvalue weighted by Gasteiger charge is 2.29. The van der Waals surface area contributed by atoms with Crippen molar-refractivity contribution in [3.63, 3.8) is 0 Å². The molecule has 5 rings (SSSR count). The van der Waals surface area contributed by atoms with Gasteiger partial charge in [0.05, 0.1) is 6.67 Å². The van der Waals surface area contributed by atoms with Crippen LogP contribution in [-0.2, 0) is 13.1 Å². The molecule has 5 nitrogen and oxygen atoms in total. The molecule has 2 aromatic heterocycles. The Hall–Kier alpha value is -2.31. The van der Waals surface area contributed by atoms with Crippen LogP contribution in [0.5, 0.6) is 0 Å². The molecule has 3 heterocycles. The van der Waals surface area contributed by atoms with Crippen molar-refractivity contribution in [3.8, 4) is 11.4 Å². The van der Waals surface area contributed by atoms with Gasteiger partial charge in [-0.05, 0) is 67.9 Å². The Morgan fingerprint density at radius 1 is 0.966 bits per heavy atom. The zero-order valence-corrected chi connectivity index (χ0v) is 17.5. The first-order chi connectivity index (χ1) is 14.3. The summed E-state index contributed by atoms with van der Waals surface area (Å²) in [6.07, 6.45) is 9.74. The number of likely N-dealkylation sites (tertiary alicyclic amines) is 1. The lowest BCUT2D eigenvalue weighted by Gasteiger charge is -2.31. The molecule has 1 aliphatic heterocycles. The molecule has 0 spiro atoms. The molecule has 29 heavy (non-hydrogen) atoms. The van der Waals surface area contributed by atoms with E-state index in [0.717, 1.165) is 41.8 Å². The summed E-state index contributed by atoms with van der Waals surface area (Å²) in [6.45, 7) is 3.00. The molecule has 1 aromatic carbocycles. The van der Waals surface area contributed by atoms with Crippen LogP contribution in [0.3, 0.4) is 0 Å². The smallest absolute Gasteiger partial charge is 0.199 e. The summed E-state index contributed by atoms with van der Waals surface area (Å²) in [7, 11) is 0. The van der Waals surface area contributed by atoms with E-state index in [2.05, 4.69) is 50.8 Å². The van der Waals surface area contributed by atoms with E-state index in [-0.39, 0.29) is 0 Å². The van der Waals surface area contributed by atoms with Gasteiger partial charge in [-0.3, -0.25) is 14.5 Å². The second kappa shape index (κ2) is 8.20. The lowest BCUT2D eigenvalue weighted by molar-refractivity contribution is 0.140. The van der Waals surface area contributed by atoms with Crippen molar-refractivity contribution in [2.75, 3.05) is 13.1 Å². The maximum Gasteiger partial charge on any atom is 0.199 e. The molecule has 0 radical (unpaired) electrons. The molecule has 0 bridgehead atoms. The van der Waals surface area contributed by atoms with Crippen LogP contribution in [0.4, 0.5) is 0 Å². The number of rotatable bonds is 6. The normalized spacial score (nSPS) is 18.2. The SMILES string of the molecule is S=c1n(CN2CCC(Cc3ccccc3)CC2)nc(-c2cccnc2)n1C1CC1. The van der Waals surface area contributed by atoms with Crippen molar-refractivity contribution in [2.45, 2.75) is 44.8 Å². The third kappa shape index (κ3) is 4.19. The summed E-state index contributed by atoms with van der Waals surface area (Å²) in [4.78, 5) is 6.77. The Labute approximate surface area is 177 Å². The van der Waals surface area contributed by atoms with Gasteiger partial charge in [0.25, 0.3) is 0 Å². The van der Waals surface area contributed by atoms with Crippen molar-refractivity contribution in [2.24, 2.45) is 5.92 Å². The highest BCUT2D eigenvalue weighted by molar-refractivity contribution is 7.71. The Bertz CT molecular complexity index is 999. The first-order valence-electron chi connectivity index (χ1n) is 10.6. The predicted molar refractivity (Wildman–Crippen MR) is 117 cm³/mol. The number of benzene rings is 1. The van der Waals surface area contributed by atoms with Gasteiger partial charge in [-0.1, -0.05) is 30.3 Å². The second-order valence-electron chi connectivity index (χ2n) is 8.34. The van der Waals surface area contributed by atoms with Gasteiger partial charge < -0.3 is 0 Å². The Morgan fingerprint density at radius 2 is 1.76 bits per heavy atom. The average molecular weight is 406 g/mol. The van der Waals surface area contributed by atoms with Crippen molar-refractivity contribution in [1.29, 1.82) is 0 Å². The van der Waals surface area contributed by atoms with E-state index in [9.17, 15) is 0 Å². The van der Waals surface area contributed by atoms with E-state index in [4.69, 9.17) is 17.3 Å². The summed E-state index contributed by atoms with van der Waals surface area (Å²) in [6, 6.07) is 15.4. The van der Waals surface area contributed by atoms with E-state index in [1.807, 2.05) is 16.9 Å². The summed E-state index contributed by atoms with van der Waals surface area (Å²) in [5.41, 5.74) is 2.50. The Kier molecular flexibility index (Phi) is 5.29. The molecule has 3 aromatic rings. The molecule has 0 unspecified atom stereocenters. The highest BCUT2D eigenvalue weighted by atomic mass is 32.1. The van der Waals surface area contributed by atoms with E-state index in [0.29, 0.717) is 6.04 Å². The quantitative estimate of drug-likeness (QED) is 0.556. The zero-order valence-electron chi connectivity index (χ0n) is 16.7. The number of aromatic nitrogens is 4. The minimum Gasteiger partial charge on any atom is -0.297 e. The van der Waals surface area contributed by atoms with Gasteiger partial charge in [-0.15, -0.1) is 0 Å². The first-order valence-corrected chi connectivity index (χ1v) is 11.0. The lowest BCUT2D eigenvalue weighted by Crippen LogP contribution is -2.36. The molecule has 2 aliphatic rings. The van der Waals surface area contributed by atoms with E-state index in [1.54, 1.807) is 6.20 Å². The largest absolute Gasteiger partial charge is 0.297 e. The third-order valence-electron chi connectivity index (χ3n) is 6.11. The third-order valence-corrected chi connectivity index (χ3v) is 6.52. The fourth-order valence-corrected chi connectivity index (χ4v) is 4.67. The van der Waals surface area contributed by atoms with Crippen molar-refractivity contribution in [3.05, 3.63) is 65.2 Å². The Balaban J connectivity index is 1.27. The molecular formula is C23H27N5S. The molecule has 0 N–H and O–H groups in total. The van der Waals surface area contributed by atoms with Gasteiger partial charge in [0, 0.05) is 37.1 Å². The molecule has 150 valence electrons. The van der Waals surface area contributed by atoms with Crippen LogP contribution in [-0.4, -0.2) is 37.3 Å². The van der Waals surface area contributed by atoms with Gasteiger partial charge in [0.1, 0.15) is 0 Å². The van der Waals surface area contributed by atoms with Crippen molar-refractivity contribution >= 4 is 12.2 Å². The fraction of sp³-hybridized carbons (Fsp3) is 0.435. The van der Waals surface area contributed by atoms with E-state index in [1.165, 1.54) is 37.7 Å².